The highest BCUT2D eigenvalue weighted by atomic mass is 16.7. The molecule has 1 atom stereocenters. The molecule has 0 aliphatic carbocycles. The van der Waals surface area contributed by atoms with Crippen LogP contribution in [0, 0.1) is 17.2 Å². The summed E-state index contributed by atoms with van der Waals surface area (Å²) in [6.07, 6.45) is 0.712. The second-order valence-corrected chi connectivity index (χ2v) is 8.32. The van der Waals surface area contributed by atoms with Crippen LogP contribution in [0.3, 0.4) is 0 Å². The highest BCUT2D eigenvalue weighted by Crippen LogP contribution is 2.36. The van der Waals surface area contributed by atoms with Gasteiger partial charge in [-0.15, -0.1) is 0 Å². The van der Waals surface area contributed by atoms with Crippen molar-refractivity contribution in [3.05, 3.63) is 29.8 Å². The largest absolute Gasteiger partial charge is 0.494 e. The average molecular weight is 356 g/mol. The first-order chi connectivity index (χ1) is 12.1. The van der Waals surface area contributed by atoms with Crippen molar-refractivity contribution in [1.82, 2.24) is 5.32 Å². The molecule has 1 aliphatic heterocycles. The zero-order chi connectivity index (χ0) is 19.5. The lowest BCUT2D eigenvalue weighted by molar-refractivity contribution is -0.122. The van der Waals surface area contributed by atoms with Crippen molar-refractivity contribution in [1.29, 1.82) is 5.26 Å². The van der Waals surface area contributed by atoms with Gasteiger partial charge in [0.05, 0.1) is 23.2 Å². The topological polar surface area (TPSA) is 71.4 Å². The van der Waals surface area contributed by atoms with Crippen molar-refractivity contribution >= 4 is 18.5 Å². The maximum Gasteiger partial charge on any atom is 0.494 e. The van der Waals surface area contributed by atoms with Crippen molar-refractivity contribution in [2.75, 3.05) is 6.54 Å². The summed E-state index contributed by atoms with van der Waals surface area (Å²) in [7, 11) is -0.457. The van der Waals surface area contributed by atoms with Gasteiger partial charge in [-0.3, -0.25) is 4.79 Å². The zero-order valence-electron chi connectivity index (χ0n) is 16.6. The number of rotatable bonds is 6. The van der Waals surface area contributed by atoms with Crippen molar-refractivity contribution in [3.63, 3.8) is 0 Å². The molecule has 0 aromatic heterocycles. The van der Waals surface area contributed by atoms with E-state index >= 15 is 0 Å². The molecule has 0 radical (unpaired) electrons. The summed E-state index contributed by atoms with van der Waals surface area (Å²) in [5.41, 5.74) is 1.01. The van der Waals surface area contributed by atoms with E-state index in [1.54, 1.807) is 0 Å². The van der Waals surface area contributed by atoms with Gasteiger partial charge in [0.2, 0.25) is 5.91 Å². The highest BCUT2D eigenvalue weighted by Gasteiger charge is 2.51. The summed E-state index contributed by atoms with van der Waals surface area (Å²) in [6.45, 7) is 12.3. The summed E-state index contributed by atoms with van der Waals surface area (Å²) in [6, 6.07) is 9.79. The Balaban J connectivity index is 2.28. The fourth-order valence-electron chi connectivity index (χ4n) is 3.02. The van der Waals surface area contributed by atoms with Crippen LogP contribution in [0.2, 0.25) is 0 Å². The molecule has 1 heterocycles. The van der Waals surface area contributed by atoms with Gasteiger partial charge in [-0.25, -0.2) is 0 Å². The van der Waals surface area contributed by atoms with Crippen molar-refractivity contribution in [3.8, 4) is 6.07 Å². The molecule has 0 saturated carbocycles. The number of amides is 1. The van der Waals surface area contributed by atoms with Gasteiger partial charge in [-0.1, -0.05) is 38.1 Å². The fraction of sp³-hybridized carbons (Fsp3) is 0.600. The van der Waals surface area contributed by atoms with Gasteiger partial charge in [0.25, 0.3) is 0 Å². The summed E-state index contributed by atoms with van der Waals surface area (Å²) in [4.78, 5) is 12.6. The maximum atomic E-state index is 12.6. The predicted octanol–water partition coefficient (Wildman–Crippen LogP) is 2.76. The first kappa shape index (κ1) is 20.5. The van der Waals surface area contributed by atoms with E-state index in [0.29, 0.717) is 12.3 Å². The van der Waals surface area contributed by atoms with E-state index in [9.17, 15) is 4.79 Å². The number of carbonyl (C=O) groups is 1. The normalized spacial score (nSPS) is 19.2. The number of nitrogens with one attached hydrogen (secondary N) is 1. The third-order valence-electron chi connectivity index (χ3n) is 5.20. The van der Waals surface area contributed by atoms with E-state index < -0.39 is 18.3 Å². The van der Waals surface area contributed by atoms with Crippen molar-refractivity contribution < 1.29 is 14.1 Å². The maximum absolute atomic E-state index is 12.6. The number of carbonyl (C=O) groups excluding carboxylic acids is 1. The summed E-state index contributed by atoms with van der Waals surface area (Å²) >= 11 is 0. The monoisotopic (exact) mass is 356 g/mol. The first-order valence-electron chi connectivity index (χ1n) is 9.17. The van der Waals surface area contributed by atoms with Crippen LogP contribution in [0.4, 0.5) is 0 Å². The van der Waals surface area contributed by atoms with Crippen molar-refractivity contribution in [2.24, 2.45) is 5.92 Å². The third-order valence-corrected chi connectivity index (χ3v) is 5.20. The van der Waals surface area contributed by atoms with E-state index in [-0.39, 0.29) is 18.4 Å². The minimum Gasteiger partial charge on any atom is -0.399 e. The Hall–Kier alpha value is -1.84. The molecule has 5 nitrogen and oxygen atoms in total. The first-order valence-corrected chi connectivity index (χ1v) is 9.17. The Labute approximate surface area is 157 Å². The molecule has 1 aromatic carbocycles. The molecule has 1 N–H and O–H groups in total. The summed E-state index contributed by atoms with van der Waals surface area (Å²) in [5, 5.41) is 11.4. The van der Waals surface area contributed by atoms with Gasteiger partial charge >= 0.3 is 7.12 Å². The Kier molecular flexibility index (Phi) is 6.15. The number of benzene rings is 1. The summed E-state index contributed by atoms with van der Waals surface area (Å²) < 4.78 is 12.3. The van der Waals surface area contributed by atoms with E-state index in [2.05, 4.69) is 19.2 Å². The Morgan fingerprint density at radius 2 is 1.85 bits per heavy atom. The molecule has 1 aliphatic rings. The van der Waals surface area contributed by atoms with Gasteiger partial charge in [0.1, 0.15) is 6.54 Å². The molecule has 6 heteroatoms. The average Bonchev–Trinajstić information content (AvgIpc) is 2.78. The second kappa shape index (κ2) is 7.81. The van der Waals surface area contributed by atoms with E-state index in [1.807, 2.05) is 58.0 Å². The Morgan fingerprint density at radius 3 is 2.38 bits per heavy atom. The van der Waals surface area contributed by atoms with Gasteiger partial charge in [0.15, 0.2) is 0 Å². The second-order valence-electron chi connectivity index (χ2n) is 8.32. The molecule has 1 amide bonds. The molecular formula is C20H29BN2O3. The number of hydrogen-bond donors (Lipinski definition) is 1. The fourth-order valence-corrected chi connectivity index (χ4v) is 3.02. The van der Waals surface area contributed by atoms with E-state index in [0.717, 1.165) is 11.0 Å². The lowest BCUT2D eigenvalue weighted by Crippen LogP contribution is -2.41. The quantitative estimate of drug-likeness (QED) is 0.629. The van der Waals surface area contributed by atoms with Crippen LogP contribution in [0.1, 0.15) is 59.4 Å². The molecule has 1 aromatic rings. The Bertz CT molecular complexity index is 679. The molecule has 140 valence electrons. The van der Waals surface area contributed by atoms with Crippen LogP contribution < -0.4 is 10.8 Å². The lowest BCUT2D eigenvalue weighted by Gasteiger charge is -2.32. The smallest absolute Gasteiger partial charge is 0.399 e. The van der Waals surface area contributed by atoms with Gasteiger partial charge in [0, 0.05) is 0 Å². The van der Waals surface area contributed by atoms with Crippen molar-refractivity contribution in [2.45, 2.75) is 65.1 Å². The van der Waals surface area contributed by atoms with Gasteiger partial charge < -0.3 is 14.6 Å². The number of nitriles is 1. The van der Waals surface area contributed by atoms with Crippen LogP contribution >= 0.6 is 0 Å². The molecule has 1 unspecified atom stereocenters. The molecule has 26 heavy (non-hydrogen) atoms. The standard InChI is InChI=1S/C20H29BN2O3/c1-14(2)12-17(18(24)23-11-10-22)15-8-7-9-16(13-15)21-25-19(3,4)20(5,6)26-21/h7-9,13-14,17H,11-12H2,1-6H3,(H,23,24). The molecular weight excluding hydrogens is 327 g/mol. The van der Waals surface area contributed by atoms with E-state index in [1.165, 1.54) is 0 Å². The van der Waals surface area contributed by atoms with Crippen LogP contribution in [-0.2, 0) is 14.1 Å². The van der Waals surface area contributed by atoms with Gasteiger partial charge in [-0.2, -0.15) is 5.26 Å². The molecule has 0 spiro atoms. The molecule has 2 rings (SSSR count). The van der Waals surface area contributed by atoms with Crippen LogP contribution in [0.5, 0.6) is 0 Å². The highest BCUT2D eigenvalue weighted by molar-refractivity contribution is 6.62. The SMILES string of the molecule is CC(C)CC(C(=O)NCC#N)c1cccc(B2OC(C)(C)C(C)(C)O2)c1. The number of nitrogens with zero attached hydrogens (tertiary/aromatic N) is 1. The zero-order valence-corrected chi connectivity index (χ0v) is 16.6. The predicted molar refractivity (Wildman–Crippen MR) is 103 cm³/mol. The minimum atomic E-state index is -0.457. The molecule has 0 bridgehead atoms. The van der Waals surface area contributed by atoms with Gasteiger partial charge in [-0.05, 0) is 51.1 Å². The summed E-state index contributed by atoms with van der Waals surface area (Å²) in [5.74, 6) is -0.0645. The minimum absolute atomic E-state index is 0.0182. The molecule has 1 saturated heterocycles. The van der Waals surface area contributed by atoms with E-state index in [4.69, 9.17) is 14.6 Å². The lowest BCUT2D eigenvalue weighted by atomic mass is 9.76. The van der Waals surface area contributed by atoms with Crippen LogP contribution in [0.25, 0.3) is 0 Å². The number of hydrogen-bond acceptors (Lipinski definition) is 4. The molecule has 1 fully saturated rings. The Morgan fingerprint density at radius 1 is 1.23 bits per heavy atom. The van der Waals surface area contributed by atoms with Crippen LogP contribution in [-0.4, -0.2) is 30.8 Å². The third kappa shape index (κ3) is 4.46. The van der Waals surface area contributed by atoms with Crippen LogP contribution in [0.15, 0.2) is 24.3 Å².